The fraction of sp³-hybridized carbons (Fsp3) is 0.619. The molecule has 24 heavy (non-hydrogen) atoms. The first-order chi connectivity index (χ1) is 11.7. The highest BCUT2D eigenvalue weighted by Gasteiger charge is 2.37. The van der Waals surface area contributed by atoms with E-state index in [9.17, 15) is 0 Å². The molecule has 0 fully saturated rings. The van der Waals surface area contributed by atoms with Crippen molar-refractivity contribution in [2.75, 3.05) is 21.3 Å². The largest absolute Gasteiger partial charge is 0.330 e. The van der Waals surface area contributed by atoms with Crippen LogP contribution in [0.1, 0.15) is 51.9 Å². The van der Waals surface area contributed by atoms with Gasteiger partial charge >= 0.3 is 0 Å². The number of unbranched alkanes of at least 4 members (excludes halogenated alkanes) is 5. The van der Waals surface area contributed by atoms with Crippen LogP contribution in [-0.4, -0.2) is 27.3 Å². The summed E-state index contributed by atoms with van der Waals surface area (Å²) in [5, 5.41) is 0. The molecule has 0 spiro atoms. The van der Waals surface area contributed by atoms with Crippen LogP contribution in [-0.2, 0) is 14.2 Å². The number of ether oxygens (including phenoxy) is 3. The lowest BCUT2D eigenvalue weighted by atomic mass is 9.97. The maximum atomic E-state index is 5.37. The lowest BCUT2D eigenvalue weighted by Crippen LogP contribution is -2.43. The van der Waals surface area contributed by atoms with Gasteiger partial charge in [-0.05, 0) is 6.42 Å². The van der Waals surface area contributed by atoms with Crippen molar-refractivity contribution in [1.29, 1.82) is 0 Å². The van der Waals surface area contributed by atoms with E-state index >= 15 is 0 Å². The summed E-state index contributed by atoms with van der Waals surface area (Å²) in [4.78, 5) is 0. The minimum Gasteiger partial charge on any atom is -0.330 e. The first-order valence-electron chi connectivity index (χ1n) is 8.98. The van der Waals surface area contributed by atoms with Crippen LogP contribution in [0.25, 0.3) is 0 Å². The van der Waals surface area contributed by atoms with Crippen LogP contribution in [0.2, 0.25) is 0 Å². The first-order valence-corrected chi connectivity index (χ1v) is 8.98. The Bertz CT molecular complexity index is 339. The SMILES string of the molecule is C=CC(CCCCCCCC)C(OC)(OC)OC.c1ccccc1. The number of benzene rings is 1. The Morgan fingerprint density at radius 1 is 0.792 bits per heavy atom. The van der Waals surface area contributed by atoms with Crippen LogP contribution in [0.3, 0.4) is 0 Å². The van der Waals surface area contributed by atoms with E-state index < -0.39 is 5.97 Å². The summed E-state index contributed by atoms with van der Waals surface area (Å²) in [6.45, 7) is 6.09. The third kappa shape index (κ3) is 9.21. The monoisotopic (exact) mass is 336 g/mol. The second-order valence-corrected chi connectivity index (χ2v) is 5.77. The summed E-state index contributed by atoms with van der Waals surface area (Å²) >= 11 is 0. The molecule has 0 aliphatic rings. The number of methoxy groups -OCH3 is 3. The summed E-state index contributed by atoms with van der Waals surface area (Å²) in [7, 11) is 4.81. The van der Waals surface area contributed by atoms with Crippen molar-refractivity contribution in [3.05, 3.63) is 49.1 Å². The molecule has 3 nitrogen and oxygen atoms in total. The third-order valence-corrected chi connectivity index (χ3v) is 4.13. The Morgan fingerprint density at radius 2 is 1.21 bits per heavy atom. The Balaban J connectivity index is 0.000000728. The molecule has 1 aromatic rings. The minimum absolute atomic E-state index is 0.0590. The molecule has 0 heterocycles. The average molecular weight is 337 g/mol. The van der Waals surface area contributed by atoms with Gasteiger partial charge in [0.05, 0.1) is 5.92 Å². The minimum atomic E-state index is -0.981. The van der Waals surface area contributed by atoms with Crippen LogP contribution in [0, 0.1) is 5.92 Å². The van der Waals surface area contributed by atoms with Crippen molar-refractivity contribution in [3.63, 3.8) is 0 Å². The fourth-order valence-electron chi connectivity index (χ4n) is 2.67. The molecule has 0 saturated heterocycles. The molecule has 0 radical (unpaired) electrons. The predicted octanol–water partition coefficient (Wildman–Crippen LogP) is 5.82. The molecule has 1 unspecified atom stereocenters. The van der Waals surface area contributed by atoms with Gasteiger partial charge < -0.3 is 14.2 Å². The van der Waals surface area contributed by atoms with Gasteiger partial charge in [-0.25, -0.2) is 0 Å². The zero-order valence-electron chi connectivity index (χ0n) is 16.0. The standard InChI is InChI=1S/C15H30O3.C6H6/c1-6-8-9-10-11-12-13-14(7-2)15(16-3,17-4)18-5;1-2-4-6-5-3-1/h7,14H,2,6,8-13H2,1,3-5H3;1-6H. The molecule has 138 valence electrons. The summed E-state index contributed by atoms with van der Waals surface area (Å²) in [5.74, 6) is -0.922. The van der Waals surface area contributed by atoms with Gasteiger partial charge in [-0.2, -0.15) is 0 Å². The second-order valence-electron chi connectivity index (χ2n) is 5.77. The highest BCUT2D eigenvalue weighted by Crippen LogP contribution is 2.29. The third-order valence-electron chi connectivity index (χ3n) is 4.13. The summed E-state index contributed by atoms with van der Waals surface area (Å²) in [5.41, 5.74) is 0. The molecule has 0 amide bonds. The Morgan fingerprint density at radius 3 is 1.58 bits per heavy atom. The van der Waals surface area contributed by atoms with Gasteiger partial charge in [0.25, 0.3) is 5.97 Å². The normalized spacial score (nSPS) is 12.2. The molecular formula is C21H36O3. The molecule has 0 bridgehead atoms. The molecule has 0 N–H and O–H groups in total. The van der Waals surface area contributed by atoms with Crippen molar-refractivity contribution in [3.8, 4) is 0 Å². The molecule has 1 aromatic carbocycles. The molecular weight excluding hydrogens is 300 g/mol. The van der Waals surface area contributed by atoms with Gasteiger partial charge in [0.2, 0.25) is 0 Å². The smallest absolute Gasteiger partial charge is 0.288 e. The van der Waals surface area contributed by atoms with Gasteiger partial charge in [-0.15, -0.1) is 6.58 Å². The number of rotatable bonds is 12. The first kappa shape index (κ1) is 22.8. The zero-order valence-corrected chi connectivity index (χ0v) is 16.0. The number of hydrogen-bond acceptors (Lipinski definition) is 3. The molecule has 1 atom stereocenters. The van der Waals surface area contributed by atoms with Gasteiger partial charge in [-0.1, -0.05) is 87.9 Å². The van der Waals surface area contributed by atoms with E-state index in [0.717, 1.165) is 12.8 Å². The van der Waals surface area contributed by atoms with Gasteiger partial charge in [0.1, 0.15) is 0 Å². The van der Waals surface area contributed by atoms with Crippen LogP contribution in [0.4, 0.5) is 0 Å². The average Bonchev–Trinajstić information content (AvgIpc) is 2.66. The highest BCUT2D eigenvalue weighted by molar-refractivity contribution is 4.99. The van der Waals surface area contributed by atoms with Crippen molar-refractivity contribution in [2.24, 2.45) is 5.92 Å². The molecule has 1 rings (SSSR count). The number of hydrogen-bond donors (Lipinski definition) is 0. The van der Waals surface area contributed by atoms with E-state index in [1.807, 2.05) is 42.5 Å². The zero-order chi connectivity index (χ0) is 18.1. The quantitative estimate of drug-likeness (QED) is 0.273. The molecule has 0 aliphatic carbocycles. The van der Waals surface area contributed by atoms with Crippen molar-refractivity contribution >= 4 is 0 Å². The van der Waals surface area contributed by atoms with E-state index in [-0.39, 0.29) is 5.92 Å². The Labute approximate surface area is 149 Å². The molecule has 3 heteroatoms. The molecule has 0 saturated carbocycles. The topological polar surface area (TPSA) is 27.7 Å². The van der Waals surface area contributed by atoms with Crippen molar-refractivity contribution in [1.82, 2.24) is 0 Å². The van der Waals surface area contributed by atoms with E-state index in [2.05, 4.69) is 13.5 Å². The van der Waals surface area contributed by atoms with E-state index in [0.29, 0.717) is 0 Å². The lowest BCUT2D eigenvalue weighted by Gasteiger charge is -2.34. The van der Waals surface area contributed by atoms with E-state index in [4.69, 9.17) is 14.2 Å². The maximum Gasteiger partial charge on any atom is 0.288 e. The van der Waals surface area contributed by atoms with Crippen molar-refractivity contribution in [2.45, 2.75) is 57.8 Å². The van der Waals surface area contributed by atoms with Crippen LogP contribution in [0.5, 0.6) is 0 Å². The Hall–Kier alpha value is -1.16. The van der Waals surface area contributed by atoms with Crippen LogP contribution < -0.4 is 0 Å². The van der Waals surface area contributed by atoms with Gasteiger partial charge in [-0.3, -0.25) is 0 Å². The van der Waals surface area contributed by atoms with Gasteiger partial charge in [0, 0.05) is 21.3 Å². The van der Waals surface area contributed by atoms with Gasteiger partial charge in [0.15, 0.2) is 0 Å². The summed E-state index contributed by atoms with van der Waals surface area (Å²) in [6.07, 6.45) is 10.5. The molecule has 0 aromatic heterocycles. The lowest BCUT2D eigenvalue weighted by molar-refractivity contribution is -0.372. The van der Waals surface area contributed by atoms with Crippen LogP contribution >= 0.6 is 0 Å². The molecule has 0 aliphatic heterocycles. The Kier molecular flexibility index (Phi) is 14.6. The van der Waals surface area contributed by atoms with E-state index in [1.165, 1.54) is 32.1 Å². The predicted molar refractivity (Wildman–Crippen MR) is 102 cm³/mol. The van der Waals surface area contributed by atoms with E-state index in [1.54, 1.807) is 21.3 Å². The maximum absolute atomic E-state index is 5.37. The van der Waals surface area contributed by atoms with Crippen molar-refractivity contribution < 1.29 is 14.2 Å². The summed E-state index contributed by atoms with van der Waals surface area (Å²) < 4.78 is 16.1. The highest BCUT2D eigenvalue weighted by atomic mass is 16.9. The summed E-state index contributed by atoms with van der Waals surface area (Å²) in [6, 6.07) is 12.0. The van der Waals surface area contributed by atoms with Crippen LogP contribution in [0.15, 0.2) is 49.1 Å². The second kappa shape index (κ2) is 15.4. The fourth-order valence-corrected chi connectivity index (χ4v) is 2.67.